The van der Waals surface area contributed by atoms with Crippen LogP contribution < -0.4 is 0 Å². The molecule has 0 fully saturated rings. The normalized spacial score (nSPS) is 9.87. The molecule has 1 heterocycles. The monoisotopic (exact) mass is 233 g/mol. The summed E-state index contributed by atoms with van der Waals surface area (Å²) >= 11 is 2.82. The molecule has 0 aliphatic carbocycles. The number of hydrogen-bond acceptors (Lipinski definition) is 5. The van der Waals surface area contributed by atoms with Gasteiger partial charge in [-0.05, 0) is 36.2 Å². The van der Waals surface area contributed by atoms with Crippen LogP contribution >= 0.6 is 23.3 Å². The van der Waals surface area contributed by atoms with Crippen LogP contribution in [-0.4, -0.2) is 9.36 Å². The van der Waals surface area contributed by atoms with Crippen molar-refractivity contribution in [3.05, 3.63) is 35.7 Å². The smallest absolute Gasteiger partial charge is 0.174 e. The number of aromatic nitrogens is 2. The molecule has 0 amide bonds. The molecule has 2 rings (SSSR count). The van der Waals surface area contributed by atoms with Crippen LogP contribution in [0.1, 0.15) is 11.1 Å². The molecular weight excluding hydrogens is 226 g/mol. The van der Waals surface area contributed by atoms with Crippen molar-refractivity contribution < 1.29 is 0 Å². The van der Waals surface area contributed by atoms with Crippen LogP contribution in [0.25, 0.3) is 0 Å². The molecule has 0 aliphatic heterocycles. The van der Waals surface area contributed by atoms with Gasteiger partial charge in [0.05, 0.1) is 5.56 Å². The second-order valence-corrected chi connectivity index (χ2v) is 4.99. The van der Waals surface area contributed by atoms with Crippen molar-refractivity contribution in [3.63, 3.8) is 0 Å². The van der Waals surface area contributed by atoms with Crippen molar-refractivity contribution in [1.29, 1.82) is 5.26 Å². The molecule has 1 aromatic heterocycles. The van der Waals surface area contributed by atoms with Crippen LogP contribution in [0.3, 0.4) is 0 Å². The summed E-state index contributed by atoms with van der Waals surface area (Å²) in [6.45, 7) is 2.01. The number of aryl methyl sites for hydroxylation is 1. The molecule has 0 saturated carbocycles. The van der Waals surface area contributed by atoms with Crippen molar-refractivity contribution >= 4 is 23.3 Å². The number of rotatable bonds is 2. The lowest BCUT2D eigenvalue weighted by Crippen LogP contribution is -1.82. The third-order valence-electron chi connectivity index (χ3n) is 1.80. The molecule has 0 atom stereocenters. The molecule has 15 heavy (non-hydrogen) atoms. The van der Waals surface area contributed by atoms with Crippen LogP contribution in [0.4, 0.5) is 0 Å². The van der Waals surface area contributed by atoms with Crippen molar-refractivity contribution in [2.45, 2.75) is 16.2 Å². The van der Waals surface area contributed by atoms with E-state index < -0.39 is 0 Å². The van der Waals surface area contributed by atoms with E-state index in [4.69, 9.17) is 5.26 Å². The Morgan fingerprint density at radius 1 is 1.47 bits per heavy atom. The van der Waals surface area contributed by atoms with Gasteiger partial charge in [-0.2, -0.15) is 9.64 Å². The summed E-state index contributed by atoms with van der Waals surface area (Å²) < 4.78 is 4.78. The van der Waals surface area contributed by atoms with Crippen LogP contribution in [0.5, 0.6) is 0 Å². The highest BCUT2D eigenvalue weighted by molar-refractivity contribution is 8.01. The third kappa shape index (κ3) is 2.35. The van der Waals surface area contributed by atoms with Gasteiger partial charge in [-0.25, -0.2) is 4.98 Å². The second kappa shape index (κ2) is 4.43. The van der Waals surface area contributed by atoms with Crippen LogP contribution in [-0.2, 0) is 0 Å². The maximum atomic E-state index is 8.94. The first kappa shape index (κ1) is 10.1. The van der Waals surface area contributed by atoms with E-state index >= 15 is 0 Å². The number of nitrogens with zero attached hydrogens (tertiary/aromatic N) is 3. The molecule has 0 aliphatic rings. The molecule has 2 aromatic rings. The molecule has 0 N–H and O–H groups in total. The Bertz CT molecular complexity index is 500. The molecule has 0 unspecified atom stereocenters. The molecule has 74 valence electrons. The highest BCUT2D eigenvalue weighted by Gasteiger charge is 2.06. The average molecular weight is 233 g/mol. The molecule has 0 radical (unpaired) electrons. The largest absolute Gasteiger partial charge is 0.216 e. The zero-order valence-electron chi connectivity index (χ0n) is 7.97. The predicted octanol–water partition coefficient (Wildman–Crippen LogP) is 2.87. The SMILES string of the molecule is Cc1ccc(C#N)c(Sc2ncns2)c1. The Balaban J connectivity index is 2.35. The summed E-state index contributed by atoms with van der Waals surface area (Å²) in [4.78, 5) is 5.02. The van der Waals surface area contributed by atoms with E-state index in [-0.39, 0.29) is 0 Å². The minimum Gasteiger partial charge on any atom is -0.216 e. The molecule has 1 aromatic carbocycles. The molecule has 3 nitrogen and oxygen atoms in total. The Kier molecular flexibility index (Phi) is 2.99. The van der Waals surface area contributed by atoms with Gasteiger partial charge in [-0.1, -0.05) is 17.8 Å². The summed E-state index contributed by atoms with van der Waals surface area (Å²) in [6, 6.07) is 7.93. The summed E-state index contributed by atoms with van der Waals surface area (Å²) in [5.74, 6) is 0. The maximum absolute atomic E-state index is 8.94. The summed E-state index contributed by atoms with van der Waals surface area (Å²) in [7, 11) is 0. The van der Waals surface area contributed by atoms with Crippen molar-refractivity contribution in [2.24, 2.45) is 0 Å². The van der Waals surface area contributed by atoms with Gasteiger partial charge in [0, 0.05) is 4.90 Å². The maximum Gasteiger partial charge on any atom is 0.174 e. The van der Waals surface area contributed by atoms with Crippen molar-refractivity contribution in [2.75, 3.05) is 0 Å². The van der Waals surface area contributed by atoms with Gasteiger partial charge >= 0.3 is 0 Å². The van der Waals surface area contributed by atoms with E-state index in [0.717, 1.165) is 14.8 Å². The van der Waals surface area contributed by atoms with E-state index in [1.54, 1.807) is 0 Å². The minimum absolute atomic E-state index is 0.681. The van der Waals surface area contributed by atoms with Gasteiger partial charge in [0.15, 0.2) is 4.34 Å². The highest BCUT2D eigenvalue weighted by atomic mass is 32.2. The summed E-state index contributed by atoms with van der Waals surface area (Å²) in [5.41, 5.74) is 1.82. The fraction of sp³-hybridized carbons (Fsp3) is 0.100. The lowest BCUT2D eigenvalue weighted by Gasteiger charge is -2.01. The van der Waals surface area contributed by atoms with E-state index in [9.17, 15) is 0 Å². The van der Waals surface area contributed by atoms with Crippen LogP contribution in [0.2, 0.25) is 0 Å². The lowest BCUT2D eigenvalue weighted by atomic mass is 10.2. The first-order valence-electron chi connectivity index (χ1n) is 4.25. The van der Waals surface area contributed by atoms with Crippen molar-refractivity contribution in [3.8, 4) is 6.07 Å². The van der Waals surface area contributed by atoms with Gasteiger partial charge in [0.1, 0.15) is 12.4 Å². The predicted molar refractivity (Wildman–Crippen MR) is 59.9 cm³/mol. The van der Waals surface area contributed by atoms with E-state index in [1.165, 1.54) is 29.6 Å². The topological polar surface area (TPSA) is 49.6 Å². The van der Waals surface area contributed by atoms with Gasteiger partial charge in [-0.15, -0.1) is 0 Å². The fourth-order valence-corrected chi connectivity index (χ4v) is 2.69. The second-order valence-electron chi connectivity index (χ2n) is 2.92. The van der Waals surface area contributed by atoms with Gasteiger partial charge in [-0.3, -0.25) is 0 Å². The molecule has 0 spiro atoms. The fourth-order valence-electron chi connectivity index (χ4n) is 1.11. The Hall–Kier alpha value is -1.38. The quantitative estimate of drug-likeness (QED) is 0.800. The number of nitriles is 1. The summed E-state index contributed by atoms with van der Waals surface area (Å²) in [5, 5.41) is 8.94. The Labute approximate surface area is 96.0 Å². The zero-order chi connectivity index (χ0) is 10.7. The highest BCUT2D eigenvalue weighted by Crippen LogP contribution is 2.31. The number of hydrogen-bond donors (Lipinski definition) is 0. The average Bonchev–Trinajstić information content (AvgIpc) is 2.71. The van der Waals surface area contributed by atoms with Crippen molar-refractivity contribution in [1.82, 2.24) is 9.36 Å². The first-order chi connectivity index (χ1) is 7.29. The van der Waals surface area contributed by atoms with Crippen LogP contribution in [0.15, 0.2) is 33.8 Å². The van der Waals surface area contributed by atoms with Crippen LogP contribution in [0, 0.1) is 18.3 Å². The molecule has 0 saturated heterocycles. The van der Waals surface area contributed by atoms with Gasteiger partial charge < -0.3 is 0 Å². The number of benzene rings is 1. The standard InChI is InChI=1S/C10H7N3S2/c1-7-2-3-8(5-11)9(4-7)14-10-12-6-13-15-10/h2-4,6H,1H3. The van der Waals surface area contributed by atoms with E-state index in [1.807, 2.05) is 25.1 Å². The molecular formula is C10H7N3S2. The van der Waals surface area contributed by atoms with Gasteiger partial charge in [0.25, 0.3) is 0 Å². The molecule has 5 heteroatoms. The zero-order valence-corrected chi connectivity index (χ0v) is 9.60. The summed E-state index contributed by atoms with van der Waals surface area (Å²) in [6.07, 6.45) is 1.52. The molecule has 0 bridgehead atoms. The first-order valence-corrected chi connectivity index (χ1v) is 5.84. The third-order valence-corrected chi connectivity index (χ3v) is 3.57. The van der Waals surface area contributed by atoms with E-state index in [0.29, 0.717) is 5.56 Å². The minimum atomic E-state index is 0.681. The van der Waals surface area contributed by atoms with E-state index in [2.05, 4.69) is 15.4 Å². The Morgan fingerprint density at radius 2 is 2.33 bits per heavy atom. The van der Waals surface area contributed by atoms with Gasteiger partial charge in [0.2, 0.25) is 0 Å². The Morgan fingerprint density at radius 3 is 3.00 bits per heavy atom. The lowest BCUT2D eigenvalue weighted by molar-refractivity contribution is 1.21.